The number of rotatable bonds is 6. The Labute approximate surface area is 180 Å². The first-order chi connectivity index (χ1) is 14.9. The fraction of sp³-hybridized carbons (Fsp3) is 0.100. The van der Waals surface area contributed by atoms with Gasteiger partial charge in [-0.1, -0.05) is 35.0 Å². The van der Waals surface area contributed by atoms with E-state index in [1.807, 2.05) is 0 Å². The van der Waals surface area contributed by atoms with Gasteiger partial charge in [-0.25, -0.2) is 4.79 Å². The number of carbonyl (C=O) groups is 4. The predicted octanol–water partition coefficient (Wildman–Crippen LogP) is 1.91. The Bertz CT molecular complexity index is 1170. The van der Waals surface area contributed by atoms with E-state index in [4.69, 9.17) is 4.84 Å². The summed E-state index contributed by atoms with van der Waals surface area (Å²) in [7, 11) is 1.77. The van der Waals surface area contributed by atoms with Crippen molar-refractivity contribution in [2.45, 2.75) is 5.16 Å². The van der Waals surface area contributed by atoms with Gasteiger partial charge in [-0.3, -0.25) is 14.4 Å². The van der Waals surface area contributed by atoms with Crippen LogP contribution in [-0.4, -0.2) is 49.3 Å². The van der Waals surface area contributed by atoms with Crippen molar-refractivity contribution in [2.24, 2.45) is 7.05 Å². The second kappa shape index (κ2) is 8.40. The van der Waals surface area contributed by atoms with E-state index in [0.29, 0.717) is 15.9 Å². The van der Waals surface area contributed by atoms with Crippen LogP contribution in [0.1, 0.15) is 31.1 Å². The van der Waals surface area contributed by atoms with Crippen LogP contribution in [0, 0.1) is 0 Å². The minimum absolute atomic E-state index is 0.0651. The number of aromatic nitrogens is 3. The van der Waals surface area contributed by atoms with Crippen LogP contribution in [0.4, 0.5) is 5.69 Å². The van der Waals surface area contributed by atoms with Gasteiger partial charge in [-0.15, -0.1) is 10.2 Å². The van der Waals surface area contributed by atoms with Gasteiger partial charge in [0.25, 0.3) is 11.8 Å². The summed E-state index contributed by atoms with van der Waals surface area (Å²) in [6, 6.07) is 12.2. The Morgan fingerprint density at radius 2 is 1.77 bits per heavy atom. The highest BCUT2D eigenvalue weighted by molar-refractivity contribution is 7.99. The van der Waals surface area contributed by atoms with Crippen molar-refractivity contribution in [2.75, 3.05) is 11.1 Å². The van der Waals surface area contributed by atoms with Crippen LogP contribution in [0.3, 0.4) is 0 Å². The molecule has 3 aromatic rings. The van der Waals surface area contributed by atoms with Crippen LogP contribution in [0.2, 0.25) is 0 Å². The molecule has 0 saturated heterocycles. The zero-order chi connectivity index (χ0) is 22.0. The molecule has 10 nitrogen and oxygen atoms in total. The van der Waals surface area contributed by atoms with Gasteiger partial charge in [-0.2, -0.15) is 0 Å². The summed E-state index contributed by atoms with van der Waals surface area (Å²) in [5.41, 5.74) is 0.763. The molecule has 2 aromatic carbocycles. The van der Waals surface area contributed by atoms with Gasteiger partial charge in [-0.05, 0) is 30.3 Å². The molecule has 0 atom stereocenters. The monoisotopic (exact) mass is 437 g/mol. The normalized spacial score (nSPS) is 12.6. The molecule has 0 saturated carbocycles. The van der Waals surface area contributed by atoms with Gasteiger partial charge in [0.2, 0.25) is 5.91 Å². The summed E-state index contributed by atoms with van der Waals surface area (Å²) in [5.74, 6) is -2.53. The number of aryl methyl sites for hydroxylation is 1. The highest BCUT2D eigenvalue weighted by Crippen LogP contribution is 2.24. The number of nitrogens with zero attached hydrogens (tertiary/aromatic N) is 4. The van der Waals surface area contributed by atoms with E-state index in [-0.39, 0.29) is 28.4 Å². The maximum absolute atomic E-state index is 12.5. The first kappa shape index (κ1) is 20.3. The van der Waals surface area contributed by atoms with Crippen molar-refractivity contribution in [3.8, 4) is 0 Å². The van der Waals surface area contributed by atoms with Gasteiger partial charge >= 0.3 is 5.97 Å². The van der Waals surface area contributed by atoms with Gasteiger partial charge in [0.15, 0.2) is 5.16 Å². The molecule has 0 bridgehead atoms. The van der Waals surface area contributed by atoms with Gasteiger partial charge in [0, 0.05) is 12.7 Å². The van der Waals surface area contributed by atoms with Crippen molar-refractivity contribution < 1.29 is 24.0 Å². The molecule has 1 aliphatic rings. The number of hydrogen-bond donors (Lipinski definition) is 1. The average Bonchev–Trinajstić information content (AvgIpc) is 3.29. The van der Waals surface area contributed by atoms with Crippen molar-refractivity contribution in [1.29, 1.82) is 0 Å². The van der Waals surface area contributed by atoms with E-state index >= 15 is 0 Å². The summed E-state index contributed by atoms with van der Waals surface area (Å²) in [5, 5.41) is 11.3. The molecule has 3 amide bonds. The van der Waals surface area contributed by atoms with Gasteiger partial charge in [0.05, 0.1) is 22.4 Å². The van der Waals surface area contributed by atoms with Crippen LogP contribution in [-0.2, 0) is 16.7 Å². The number of benzene rings is 2. The van der Waals surface area contributed by atoms with Crippen molar-refractivity contribution in [3.05, 3.63) is 71.5 Å². The molecule has 1 N–H and O–H groups in total. The third-order valence-corrected chi connectivity index (χ3v) is 5.35. The van der Waals surface area contributed by atoms with Crippen LogP contribution in [0.5, 0.6) is 0 Å². The van der Waals surface area contributed by atoms with E-state index in [1.54, 1.807) is 35.9 Å². The first-order valence-electron chi connectivity index (χ1n) is 9.01. The van der Waals surface area contributed by atoms with E-state index in [2.05, 4.69) is 15.5 Å². The molecular weight excluding hydrogens is 422 g/mol. The van der Waals surface area contributed by atoms with E-state index in [9.17, 15) is 19.2 Å². The summed E-state index contributed by atoms with van der Waals surface area (Å²) >= 11 is 1.21. The quantitative estimate of drug-likeness (QED) is 0.458. The second-order valence-corrected chi connectivity index (χ2v) is 7.41. The lowest BCUT2D eigenvalue weighted by Crippen LogP contribution is -2.32. The summed E-state index contributed by atoms with van der Waals surface area (Å²) < 4.78 is 1.69. The lowest BCUT2D eigenvalue weighted by Gasteiger charge is -2.13. The van der Waals surface area contributed by atoms with Gasteiger partial charge < -0.3 is 14.7 Å². The summed E-state index contributed by atoms with van der Waals surface area (Å²) in [4.78, 5) is 54.4. The Morgan fingerprint density at radius 3 is 2.42 bits per heavy atom. The molecule has 11 heteroatoms. The number of hydrogen-bond acceptors (Lipinski definition) is 8. The molecule has 4 rings (SSSR count). The minimum atomic E-state index is -0.904. The van der Waals surface area contributed by atoms with Crippen molar-refractivity contribution >= 4 is 41.1 Å². The Morgan fingerprint density at radius 1 is 1.06 bits per heavy atom. The molecule has 1 aromatic heterocycles. The smallest absolute Gasteiger partial charge is 0.325 e. The number of fused-ring (bicyclic) bond motifs is 1. The van der Waals surface area contributed by atoms with Crippen LogP contribution in [0.15, 0.2) is 60.0 Å². The molecule has 31 heavy (non-hydrogen) atoms. The summed E-state index contributed by atoms with van der Waals surface area (Å²) in [6.45, 7) is 0. The molecule has 156 valence electrons. The molecule has 0 spiro atoms. The number of imide groups is 1. The maximum atomic E-state index is 12.5. The van der Waals surface area contributed by atoms with Crippen LogP contribution >= 0.6 is 11.8 Å². The molecular formula is C20H15N5O5S. The lowest BCUT2D eigenvalue weighted by molar-refractivity contribution is -0.113. The van der Waals surface area contributed by atoms with E-state index < -0.39 is 17.8 Å². The number of thioether (sulfide) groups is 1. The number of carbonyl (C=O) groups excluding carboxylic acids is 4. The fourth-order valence-corrected chi connectivity index (χ4v) is 3.53. The highest BCUT2D eigenvalue weighted by Gasteiger charge is 2.38. The standard InChI is InChI=1S/C20H15N5O5S/c1-24-11-21-23-20(24)31-10-16(26)22-13-6-4-5-12(9-13)19(29)30-25-17(27)14-7-2-3-8-15(14)18(25)28/h2-9,11H,10H2,1H3,(H,22,26). The first-order valence-corrected chi connectivity index (χ1v) is 9.99. The number of anilines is 1. The molecule has 0 unspecified atom stereocenters. The maximum Gasteiger partial charge on any atom is 0.364 e. The third-order valence-electron chi connectivity index (χ3n) is 4.32. The predicted molar refractivity (Wildman–Crippen MR) is 109 cm³/mol. The van der Waals surface area contributed by atoms with E-state index in [1.165, 1.54) is 42.4 Å². The highest BCUT2D eigenvalue weighted by atomic mass is 32.2. The largest absolute Gasteiger partial charge is 0.364 e. The van der Waals surface area contributed by atoms with Gasteiger partial charge in [0.1, 0.15) is 6.33 Å². The molecule has 0 radical (unpaired) electrons. The topological polar surface area (TPSA) is 123 Å². The number of nitrogens with one attached hydrogen (secondary N) is 1. The third kappa shape index (κ3) is 4.16. The fourth-order valence-electron chi connectivity index (χ4n) is 2.84. The van der Waals surface area contributed by atoms with Crippen LogP contribution < -0.4 is 5.32 Å². The zero-order valence-corrected chi connectivity index (χ0v) is 17.0. The SMILES string of the molecule is Cn1cnnc1SCC(=O)Nc1cccc(C(=O)ON2C(=O)c3ccccc3C2=O)c1. The lowest BCUT2D eigenvalue weighted by atomic mass is 10.1. The van der Waals surface area contributed by atoms with Crippen molar-refractivity contribution in [3.63, 3.8) is 0 Å². The Hall–Kier alpha value is -3.99. The Balaban J connectivity index is 1.39. The second-order valence-electron chi connectivity index (χ2n) is 6.47. The number of amides is 3. The average molecular weight is 437 g/mol. The van der Waals surface area contributed by atoms with E-state index in [0.717, 1.165) is 0 Å². The minimum Gasteiger partial charge on any atom is -0.325 e. The van der Waals surface area contributed by atoms with Crippen LogP contribution in [0.25, 0.3) is 0 Å². The molecule has 0 aliphatic carbocycles. The summed E-state index contributed by atoms with van der Waals surface area (Å²) in [6.07, 6.45) is 1.53. The molecule has 0 fully saturated rings. The zero-order valence-electron chi connectivity index (χ0n) is 16.1. The number of hydroxylamine groups is 2. The van der Waals surface area contributed by atoms with Crippen molar-refractivity contribution in [1.82, 2.24) is 19.8 Å². The molecule has 2 heterocycles. The Kier molecular flexibility index (Phi) is 5.50. The molecule has 1 aliphatic heterocycles.